The number of hydrogen-bond acceptors (Lipinski definition) is 2. The maximum absolute atomic E-state index is 10.2. The Kier molecular flexibility index (Phi) is 6.76. The largest absolute Gasteiger partial charge is 1.00 e. The first-order valence-electron chi connectivity index (χ1n) is 2.44. The molecule has 0 saturated carbocycles. The molecule has 0 aromatic rings. The molecule has 5 heteroatoms. The van der Waals surface area contributed by atoms with Crippen molar-refractivity contribution in [2.45, 2.75) is 18.6 Å². The first-order valence-corrected chi connectivity index (χ1v) is 3.95. The molecule has 10 heavy (non-hydrogen) atoms. The summed E-state index contributed by atoms with van der Waals surface area (Å²) in [5, 5.41) is -1.04. The Bertz CT molecular complexity index is 218. The topological polar surface area (TPSA) is 54.4 Å². The maximum atomic E-state index is 10.2. The van der Waals surface area contributed by atoms with Crippen LogP contribution in [0.3, 0.4) is 0 Å². The first kappa shape index (κ1) is 13.1. The van der Waals surface area contributed by atoms with E-state index in [2.05, 4.69) is 0 Å². The summed E-state index contributed by atoms with van der Waals surface area (Å²) in [5.41, 5.74) is 0. The molecular formula is C5H9NaO3S. The minimum Gasteiger partial charge on any atom is -1.00 e. The van der Waals surface area contributed by atoms with Gasteiger partial charge in [0.1, 0.15) is 5.25 Å². The Morgan fingerprint density at radius 1 is 1.80 bits per heavy atom. The Morgan fingerprint density at radius 2 is 2.20 bits per heavy atom. The first-order chi connectivity index (χ1) is 4.02. The van der Waals surface area contributed by atoms with Crippen LogP contribution in [-0.4, -0.2) is 18.2 Å². The van der Waals surface area contributed by atoms with Crippen molar-refractivity contribution in [2.24, 2.45) is 0 Å². The van der Waals surface area contributed by atoms with Crippen LogP contribution in [0.1, 0.15) is 14.8 Å². The summed E-state index contributed by atoms with van der Waals surface area (Å²) in [5.74, 6) is 1.95. The molecule has 0 aliphatic rings. The van der Waals surface area contributed by atoms with Gasteiger partial charge in [-0.25, -0.2) is 0 Å². The van der Waals surface area contributed by atoms with Gasteiger partial charge >= 0.3 is 29.6 Å². The van der Waals surface area contributed by atoms with E-state index in [0.29, 0.717) is 0 Å². The Hall–Kier alpha value is 0.470. The van der Waals surface area contributed by atoms with Crippen molar-refractivity contribution in [3.8, 4) is 12.3 Å². The second-order valence-corrected chi connectivity index (χ2v) is 3.18. The van der Waals surface area contributed by atoms with E-state index < -0.39 is 15.4 Å². The normalized spacial score (nSPS) is 12.9. The van der Waals surface area contributed by atoms with Crippen LogP contribution in [0.2, 0.25) is 0 Å². The summed E-state index contributed by atoms with van der Waals surface area (Å²) in [6, 6.07) is 0. The van der Waals surface area contributed by atoms with E-state index in [1.165, 1.54) is 0 Å². The second-order valence-electron chi connectivity index (χ2n) is 1.58. The van der Waals surface area contributed by atoms with Crippen molar-refractivity contribution in [1.29, 1.82) is 0 Å². The van der Waals surface area contributed by atoms with Gasteiger partial charge in [-0.1, -0.05) is 12.8 Å². The summed E-state index contributed by atoms with van der Waals surface area (Å²) >= 11 is 0. The van der Waals surface area contributed by atoms with Gasteiger partial charge in [-0.3, -0.25) is 4.55 Å². The van der Waals surface area contributed by atoms with Gasteiger partial charge in [-0.05, 0) is 6.42 Å². The molecule has 1 N–H and O–H groups in total. The average molecular weight is 172 g/mol. The van der Waals surface area contributed by atoms with E-state index in [0.717, 1.165) is 0 Å². The zero-order chi connectivity index (χ0) is 7.49. The van der Waals surface area contributed by atoms with Gasteiger partial charge in [-0.15, -0.1) is 6.42 Å². The van der Waals surface area contributed by atoms with Gasteiger partial charge in [0.25, 0.3) is 10.1 Å². The second kappa shape index (κ2) is 5.16. The zero-order valence-corrected chi connectivity index (χ0v) is 8.85. The number of rotatable bonds is 2. The molecule has 0 aliphatic heterocycles. The van der Waals surface area contributed by atoms with Crippen LogP contribution in [0.25, 0.3) is 0 Å². The van der Waals surface area contributed by atoms with E-state index in [-0.39, 0.29) is 37.4 Å². The predicted molar refractivity (Wildman–Crippen MR) is 35.6 cm³/mol. The van der Waals surface area contributed by atoms with Crippen molar-refractivity contribution in [3.63, 3.8) is 0 Å². The number of hydrogen-bond donors (Lipinski definition) is 1. The van der Waals surface area contributed by atoms with E-state index in [4.69, 9.17) is 11.0 Å². The molecule has 0 aliphatic carbocycles. The summed E-state index contributed by atoms with van der Waals surface area (Å²) in [6.07, 6.45) is 5.03. The molecule has 0 heterocycles. The van der Waals surface area contributed by atoms with Gasteiger partial charge in [-0.2, -0.15) is 8.42 Å². The van der Waals surface area contributed by atoms with Crippen molar-refractivity contribution in [2.75, 3.05) is 0 Å². The number of terminal acetylenes is 1. The van der Waals surface area contributed by atoms with Gasteiger partial charge < -0.3 is 1.43 Å². The third-order valence-corrected chi connectivity index (χ3v) is 2.10. The molecule has 0 radical (unpaired) electrons. The molecule has 0 bridgehead atoms. The standard InChI is InChI=1S/C5H8O3S.Na.H/c1-3-5(4-2)9(6,7)8;;/h1,5H,4H2,2H3,(H,6,7,8);;/q;+1;-1. The fraction of sp³-hybridized carbons (Fsp3) is 0.600. The van der Waals surface area contributed by atoms with E-state index in [9.17, 15) is 8.42 Å². The molecule has 0 fully saturated rings. The summed E-state index contributed by atoms with van der Waals surface area (Å²) in [6.45, 7) is 1.60. The van der Waals surface area contributed by atoms with Crippen LogP contribution in [-0.2, 0) is 10.1 Å². The molecular weight excluding hydrogens is 163 g/mol. The average Bonchev–Trinajstić information content (AvgIpc) is 1.65. The van der Waals surface area contributed by atoms with Gasteiger partial charge in [0, 0.05) is 0 Å². The van der Waals surface area contributed by atoms with Crippen molar-refractivity contribution < 1.29 is 44.0 Å². The third-order valence-electron chi connectivity index (χ3n) is 0.916. The van der Waals surface area contributed by atoms with Gasteiger partial charge in [0.05, 0.1) is 0 Å². The molecule has 0 rings (SSSR count). The minimum atomic E-state index is -4.00. The van der Waals surface area contributed by atoms with E-state index in [1.807, 2.05) is 5.92 Å². The molecule has 0 saturated heterocycles. The van der Waals surface area contributed by atoms with Crippen LogP contribution >= 0.6 is 0 Å². The van der Waals surface area contributed by atoms with E-state index >= 15 is 0 Å². The van der Waals surface area contributed by atoms with Gasteiger partial charge in [0.15, 0.2) is 0 Å². The van der Waals surface area contributed by atoms with Crippen molar-refractivity contribution in [1.82, 2.24) is 0 Å². The predicted octanol–water partition coefficient (Wildman–Crippen LogP) is -2.60. The smallest absolute Gasteiger partial charge is 1.00 e. The SMILES string of the molecule is C#CC(CC)S(=O)(=O)O.[H-].[Na+]. The van der Waals surface area contributed by atoms with Crippen molar-refractivity contribution in [3.05, 3.63) is 0 Å². The molecule has 0 amide bonds. The molecule has 1 atom stereocenters. The molecule has 1 unspecified atom stereocenters. The van der Waals surface area contributed by atoms with Crippen LogP contribution in [0.15, 0.2) is 0 Å². The van der Waals surface area contributed by atoms with E-state index in [1.54, 1.807) is 6.92 Å². The Balaban J connectivity index is -0.000000320. The van der Waals surface area contributed by atoms with Crippen LogP contribution in [0, 0.1) is 12.3 Å². The maximum Gasteiger partial charge on any atom is 1.00 e. The molecule has 0 aromatic carbocycles. The molecule has 54 valence electrons. The van der Waals surface area contributed by atoms with Crippen LogP contribution in [0.5, 0.6) is 0 Å². The summed E-state index contributed by atoms with van der Waals surface area (Å²) in [4.78, 5) is 0. The fourth-order valence-corrected chi connectivity index (χ4v) is 1.01. The Morgan fingerprint density at radius 3 is 2.20 bits per heavy atom. The zero-order valence-electron chi connectivity index (χ0n) is 7.03. The molecule has 0 aromatic heterocycles. The molecule has 3 nitrogen and oxygen atoms in total. The Labute approximate surface area is 84.7 Å². The van der Waals surface area contributed by atoms with Crippen LogP contribution in [0.4, 0.5) is 0 Å². The quantitative estimate of drug-likeness (QED) is 0.282. The summed E-state index contributed by atoms with van der Waals surface area (Å²) < 4.78 is 28.7. The van der Waals surface area contributed by atoms with Gasteiger partial charge in [0.2, 0.25) is 0 Å². The third kappa shape index (κ3) is 4.31. The monoisotopic (exact) mass is 172 g/mol. The van der Waals surface area contributed by atoms with Crippen molar-refractivity contribution >= 4 is 10.1 Å². The molecule has 0 spiro atoms. The minimum absolute atomic E-state index is 0. The fourth-order valence-electron chi connectivity index (χ4n) is 0.414. The van der Waals surface area contributed by atoms with Crippen LogP contribution < -0.4 is 29.6 Å². The summed E-state index contributed by atoms with van der Waals surface area (Å²) in [7, 11) is -4.00.